The third-order valence-corrected chi connectivity index (χ3v) is 2.37. The lowest BCUT2D eigenvalue weighted by molar-refractivity contribution is 0.207. The highest BCUT2D eigenvalue weighted by molar-refractivity contribution is 6.28. The van der Waals surface area contributed by atoms with Gasteiger partial charge < -0.3 is 14.8 Å². The van der Waals surface area contributed by atoms with Gasteiger partial charge in [-0.3, -0.25) is 0 Å². The Morgan fingerprint density at radius 3 is 2.64 bits per heavy atom. The van der Waals surface area contributed by atoms with Crippen LogP contribution < -0.4 is 5.32 Å². The molecule has 0 amide bonds. The first-order chi connectivity index (χ1) is 6.63. The summed E-state index contributed by atoms with van der Waals surface area (Å²) in [5.74, 6) is 1.18. The Balaban J connectivity index is 2.39. The van der Waals surface area contributed by atoms with Crippen molar-refractivity contribution in [2.45, 2.75) is 26.4 Å². The molecule has 0 aliphatic heterocycles. The van der Waals surface area contributed by atoms with Crippen molar-refractivity contribution in [2.75, 3.05) is 6.61 Å². The minimum absolute atomic E-state index is 0.0962. The zero-order valence-electron chi connectivity index (χ0n) is 8.46. The highest BCUT2D eigenvalue weighted by atomic mass is 35.5. The number of hydrogen-bond acceptors (Lipinski definition) is 3. The van der Waals surface area contributed by atoms with Crippen molar-refractivity contribution in [1.82, 2.24) is 5.32 Å². The fraction of sp³-hybridized carbons (Fsp3) is 0.600. The molecule has 1 aromatic rings. The lowest BCUT2D eigenvalue weighted by atomic mass is 10.1. The zero-order chi connectivity index (χ0) is 10.6. The van der Waals surface area contributed by atoms with Crippen LogP contribution in [-0.2, 0) is 6.54 Å². The van der Waals surface area contributed by atoms with Crippen molar-refractivity contribution < 1.29 is 9.52 Å². The maximum atomic E-state index is 9.06. The smallest absolute Gasteiger partial charge is 0.193 e. The van der Waals surface area contributed by atoms with E-state index in [9.17, 15) is 0 Å². The van der Waals surface area contributed by atoms with Crippen molar-refractivity contribution in [1.29, 1.82) is 0 Å². The first-order valence-corrected chi connectivity index (χ1v) is 5.09. The van der Waals surface area contributed by atoms with Gasteiger partial charge in [-0.15, -0.1) is 0 Å². The number of furan rings is 1. The molecule has 0 aliphatic rings. The minimum Gasteiger partial charge on any atom is -0.448 e. The maximum Gasteiger partial charge on any atom is 0.193 e. The molecule has 1 aromatic heterocycles. The fourth-order valence-corrected chi connectivity index (χ4v) is 1.35. The summed E-state index contributed by atoms with van der Waals surface area (Å²) in [5.41, 5.74) is 0. The number of nitrogens with one attached hydrogen (secondary N) is 1. The first kappa shape index (κ1) is 11.6. The third kappa shape index (κ3) is 3.33. The van der Waals surface area contributed by atoms with Crippen molar-refractivity contribution in [3.05, 3.63) is 23.1 Å². The number of rotatable bonds is 5. The van der Waals surface area contributed by atoms with E-state index in [1.165, 1.54) is 0 Å². The summed E-state index contributed by atoms with van der Waals surface area (Å²) in [6.07, 6.45) is 0. The van der Waals surface area contributed by atoms with Gasteiger partial charge in [0.1, 0.15) is 5.76 Å². The predicted molar refractivity (Wildman–Crippen MR) is 56.3 cm³/mol. The van der Waals surface area contributed by atoms with E-state index in [2.05, 4.69) is 19.2 Å². The van der Waals surface area contributed by atoms with Crippen LogP contribution in [0.4, 0.5) is 0 Å². The fourth-order valence-electron chi connectivity index (χ4n) is 1.19. The predicted octanol–water partition coefficient (Wildman–Crippen LogP) is 2.04. The van der Waals surface area contributed by atoms with Gasteiger partial charge in [0.2, 0.25) is 0 Å². The summed E-state index contributed by atoms with van der Waals surface area (Å²) in [4.78, 5) is 0. The molecular weight excluding hydrogens is 202 g/mol. The van der Waals surface area contributed by atoms with Crippen molar-refractivity contribution in [3.63, 3.8) is 0 Å². The molecule has 1 atom stereocenters. The van der Waals surface area contributed by atoms with Gasteiger partial charge in [-0.1, -0.05) is 13.8 Å². The van der Waals surface area contributed by atoms with E-state index in [-0.39, 0.29) is 12.6 Å². The second kappa shape index (κ2) is 5.39. The van der Waals surface area contributed by atoms with Crippen molar-refractivity contribution >= 4 is 11.6 Å². The Morgan fingerprint density at radius 1 is 1.50 bits per heavy atom. The lowest BCUT2D eigenvalue weighted by Crippen LogP contribution is -2.36. The molecule has 0 radical (unpaired) electrons. The second-order valence-corrected chi connectivity index (χ2v) is 3.99. The molecule has 2 N–H and O–H groups in total. The van der Waals surface area contributed by atoms with Gasteiger partial charge in [0.15, 0.2) is 5.22 Å². The molecule has 1 unspecified atom stereocenters. The Bertz CT molecular complexity index is 273. The average molecular weight is 218 g/mol. The Morgan fingerprint density at radius 2 is 2.21 bits per heavy atom. The molecule has 3 nitrogen and oxygen atoms in total. The molecule has 4 heteroatoms. The van der Waals surface area contributed by atoms with Crippen LogP contribution in [0.2, 0.25) is 5.22 Å². The molecule has 0 bridgehead atoms. The number of hydrogen-bond donors (Lipinski definition) is 2. The summed E-state index contributed by atoms with van der Waals surface area (Å²) in [6.45, 7) is 4.84. The van der Waals surface area contributed by atoms with Crippen LogP contribution in [0, 0.1) is 5.92 Å². The molecule has 0 spiro atoms. The van der Waals surface area contributed by atoms with E-state index in [4.69, 9.17) is 21.1 Å². The van der Waals surface area contributed by atoms with E-state index in [0.717, 1.165) is 5.76 Å². The first-order valence-electron chi connectivity index (χ1n) is 4.72. The van der Waals surface area contributed by atoms with Crippen LogP contribution >= 0.6 is 11.6 Å². The van der Waals surface area contributed by atoms with Crippen LogP contribution in [0.25, 0.3) is 0 Å². The Hall–Kier alpha value is -0.510. The van der Waals surface area contributed by atoms with E-state index in [0.29, 0.717) is 17.7 Å². The molecular formula is C10H16ClNO2. The second-order valence-electron chi connectivity index (χ2n) is 3.62. The van der Waals surface area contributed by atoms with E-state index < -0.39 is 0 Å². The molecule has 80 valence electrons. The van der Waals surface area contributed by atoms with Crippen LogP contribution in [0.1, 0.15) is 19.6 Å². The van der Waals surface area contributed by atoms with Gasteiger partial charge in [0.05, 0.1) is 13.2 Å². The van der Waals surface area contributed by atoms with Crippen LogP contribution in [0.3, 0.4) is 0 Å². The highest BCUT2D eigenvalue weighted by Crippen LogP contribution is 2.13. The van der Waals surface area contributed by atoms with E-state index >= 15 is 0 Å². The SMILES string of the molecule is CC(C)C(CO)NCc1ccc(Cl)o1. The number of aliphatic hydroxyl groups is 1. The molecule has 1 heterocycles. The van der Waals surface area contributed by atoms with Gasteiger partial charge in [-0.2, -0.15) is 0 Å². The molecule has 0 aromatic carbocycles. The summed E-state index contributed by atoms with van der Waals surface area (Å²) < 4.78 is 5.18. The Labute approximate surface area is 89.1 Å². The lowest BCUT2D eigenvalue weighted by Gasteiger charge is -2.18. The molecule has 0 fully saturated rings. The standard InChI is InChI=1S/C10H16ClNO2/c1-7(2)9(6-13)12-5-8-3-4-10(11)14-8/h3-4,7,9,12-13H,5-6H2,1-2H3. The zero-order valence-corrected chi connectivity index (χ0v) is 9.21. The topological polar surface area (TPSA) is 45.4 Å². The summed E-state index contributed by atoms with van der Waals surface area (Å²) in [6, 6.07) is 3.63. The molecule has 0 aliphatic carbocycles. The maximum absolute atomic E-state index is 9.06. The van der Waals surface area contributed by atoms with Gasteiger partial charge in [0, 0.05) is 6.04 Å². The molecule has 1 rings (SSSR count). The quantitative estimate of drug-likeness (QED) is 0.794. The highest BCUT2D eigenvalue weighted by Gasteiger charge is 2.11. The van der Waals surface area contributed by atoms with Crippen LogP contribution in [0.15, 0.2) is 16.5 Å². The number of halogens is 1. The van der Waals surface area contributed by atoms with Gasteiger partial charge in [-0.25, -0.2) is 0 Å². The molecule has 14 heavy (non-hydrogen) atoms. The summed E-state index contributed by atoms with van der Waals surface area (Å²) in [5, 5.41) is 12.7. The van der Waals surface area contributed by atoms with Gasteiger partial charge in [0.25, 0.3) is 0 Å². The Kier molecular flexibility index (Phi) is 4.45. The third-order valence-electron chi connectivity index (χ3n) is 2.17. The minimum atomic E-state index is 0.0962. The van der Waals surface area contributed by atoms with E-state index in [1.54, 1.807) is 6.07 Å². The van der Waals surface area contributed by atoms with Gasteiger partial charge in [-0.05, 0) is 29.7 Å². The van der Waals surface area contributed by atoms with Gasteiger partial charge >= 0.3 is 0 Å². The summed E-state index contributed by atoms with van der Waals surface area (Å²) in [7, 11) is 0. The van der Waals surface area contributed by atoms with Crippen LogP contribution in [0.5, 0.6) is 0 Å². The largest absolute Gasteiger partial charge is 0.448 e. The number of aliphatic hydroxyl groups excluding tert-OH is 1. The monoisotopic (exact) mass is 217 g/mol. The molecule has 0 saturated heterocycles. The van der Waals surface area contributed by atoms with Crippen molar-refractivity contribution in [2.24, 2.45) is 5.92 Å². The average Bonchev–Trinajstić information content (AvgIpc) is 2.52. The van der Waals surface area contributed by atoms with Crippen molar-refractivity contribution in [3.8, 4) is 0 Å². The molecule has 0 saturated carbocycles. The normalized spacial score (nSPS) is 13.5. The summed E-state index contributed by atoms with van der Waals surface area (Å²) >= 11 is 5.63. The van der Waals surface area contributed by atoms with Crippen LogP contribution in [-0.4, -0.2) is 17.8 Å². The van der Waals surface area contributed by atoms with E-state index in [1.807, 2.05) is 6.07 Å².